The zero-order valence-electron chi connectivity index (χ0n) is 10.6. The molecule has 118 valence electrons. The average Bonchev–Trinajstić information content (AvgIpc) is 3.03. The van der Waals surface area contributed by atoms with E-state index in [2.05, 4.69) is 9.97 Å². The monoisotopic (exact) mass is 325 g/mol. The molecule has 0 atom stereocenters. The summed E-state index contributed by atoms with van der Waals surface area (Å²) in [6.07, 6.45) is 1.24. The fourth-order valence-electron chi connectivity index (χ4n) is 1.49. The van der Waals surface area contributed by atoms with Crippen LogP contribution in [0.4, 0.5) is 23.5 Å². The van der Waals surface area contributed by atoms with Crippen molar-refractivity contribution in [3.05, 3.63) is 52.9 Å². The van der Waals surface area contributed by atoms with Crippen molar-refractivity contribution < 1.29 is 19.7 Å². The Morgan fingerprint density at radius 2 is 1.09 bits per heavy atom. The minimum atomic E-state index is -1.07. The molecular weight excluding hydrogens is 323 g/mol. The Bertz CT molecular complexity index is 771. The summed E-state index contributed by atoms with van der Waals surface area (Å²) in [7, 11) is 0.635. The van der Waals surface area contributed by atoms with Gasteiger partial charge in [-0.05, 0) is 19.8 Å². The van der Waals surface area contributed by atoms with Crippen molar-refractivity contribution in [2.45, 2.75) is 0 Å². The van der Waals surface area contributed by atoms with Gasteiger partial charge in [0, 0.05) is 0 Å². The molecule has 0 saturated carbocycles. The zero-order chi connectivity index (χ0) is 17.3. The second-order valence-corrected chi connectivity index (χ2v) is 3.76. The second kappa shape index (κ2) is 5.46. The summed E-state index contributed by atoms with van der Waals surface area (Å²) in [5.74, 6) is -3.79. The first-order chi connectivity index (χ1) is 10.7. The molecule has 23 heavy (non-hydrogen) atoms. The molecule has 2 rings (SSSR count). The molecule has 0 amide bonds. The van der Waals surface area contributed by atoms with Crippen LogP contribution in [0.25, 0.3) is 0 Å². The lowest BCUT2D eigenvalue weighted by atomic mass is 10.1. The highest BCUT2D eigenvalue weighted by atomic mass is 16.6. The van der Waals surface area contributed by atoms with Crippen molar-refractivity contribution in [1.82, 2.24) is 18.9 Å². The first-order valence-corrected chi connectivity index (χ1v) is 5.31. The predicted octanol–water partition coefficient (Wildman–Crippen LogP) is -0.357. The van der Waals surface area contributed by atoms with E-state index in [0.29, 0.717) is 28.9 Å². The second-order valence-electron chi connectivity index (χ2n) is 3.76. The van der Waals surface area contributed by atoms with Crippen LogP contribution in [0.1, 0.15) is 0 Å². The zero-order valence-corrected chi connectivity index (χ0v) is 10.6. The lowest BCUT2D eigenvalue weighted by molar-refractivity contribution is -0.402. The summed E-state index contributed by atoms with van der Waals surface area (Å²) in [6, 6.07) is 0. The van der Waals surface area contributed by atoms with E-state index in [9.17, 15) is 40.5 Å². The fourth-order valence-corrected chi connectivity index (χ4v) is 1.49. The Morgan fingerprint density at radius 1 is 0.739 bits per heavy atom. The summed E-state index contributed by atoms with van der Waals surface area (Å²) in [6.45, 7) is 0. The fraction of sp³-hybridized carbons (Fsp3) is 0. The molecule has 0 unspecified atom stereocenters. The molecule has 16 nitrogen and oxygen atoms in total. The Kier molecular flexibility index (Phi) is 3.68. The summed E-state index contributed by atoms with van der Waals surface area (Å²) >= 11 is 0. The number of nitro groups is 4. The van der Waals surface area contributed by atoms with Gasteiger partial charge in [-0.3, -0.25) is 0 Å². The average molecular weight is 325 g/mol. The molecule has 0 aliphatic heterocycles. The summed E-state index contributed by atoms with van der Waals surface area (Å²) in [4.78, 5) is 44.8. The summed E-state index contributed by atoms with van der Waals surface area (Å²) < 4.78 is 0.993. The van der Waals surface area contributed by atoms with Crippen LogP contribution in [-0.2, 0) is 0 Å². The van der Waals surface area contributed by atoms with Crippen LogP contribution in [0, 0.1) is 40.5 Å². The number of hydrogen-bond acceptors (Lipinski definition) is 10. The van der Waals surface area contributed by atoms with E-state index in [-0.39, 0.29) is 0 Å². The van der Waals surface area contributed by atoms with Gasteiger partial charge in [0.25, 0.3) is 0 Å². The Labute approximate surface area is 123 Å². The maximum Gasteiger partial charge on any atom is 0.392 e. The molecule has 0 N–H and O–H groups in total. The van der Waals surface area contributed by atoms with Crippen LogP contribution < -0.4 is 0 Å². The molecule has 17 heteroatoms. The smallest absolute Gasteiger partial charge is 0.392 e. The molecule has 2 aromatic heterocycles. The third-order valence-corrected chi connectivity index (χ3v) is 2.35. The van der Waals surface area contributed by atoms with Gasteiger partial charge in [0.2, 0.25) is 0 Å². The quantitative estimate of drug-likeness (QED) is 0.382. The first-order valence-electron chi connectivity index (χ1n) is 5.31. The van der Waals surface area contributed by atoms with Gasteiger partial charge in [-0.25, -0.2) is 0 Å². The van der Waals surface area contributed by atoms with Gasteiger partial charge in [0.15, 0.2) is 0 Å². The van der Waals surface area contributed by atoms with Gasteiger partial charge in [0.05, 0.1) is 0 Å². The van der Waals surface area contributed by atoms with Crippen LogP contribution in [0.2, 0.25) is 0 Å². The maximum absolute atomic E-state index is 10.8. The van der Waals surface area contributed by atoms with Crippen molar-refractivity contribution in [3.8, 4) is 0 Å². The minimum Gasteiger partial charge on any atom is -0.434 e. The van der Waals surface area contributed by atoms with Crippen LogP contribution >= 0.6 is 0 Å². The van der Waals surface area contributed by atoms with Gasteiger partial charge in [0.1, 0.15) is 19.9 Å². The van der Waals surface area contributed by atoms with E-state index in [1.807, 2.05) is 0 Å². The maximum atomic E-state index is 10.8. The van der Waals surface area contributed by atoms with Gasteiger partial charge >= 0.3 is 23.5 Å². The normalized spacial score (nSPS) is 10.4. The van der Waals surface area contributed by atoms with E-state index < -0.39 is 43.2 Å². The van der Waals surface area contributed by atoms with Crippen LogP contribution in [0.5, 0.6) is 0 Å². The number of rotatable bonds is 6. The largest absolute Gasteiger partial charge is 0.434 e. The molecule has 0 aliphatic carbocycles. The standard InChI is InChI=1S/C6H2BN8O8/c16-12(17)3-1-10(5(8-3)14(20)21)7-11-2-4(13(18)19)9-6(11)15(22)23/h1-2H/q-1. The highest BCUT2D eigenvalue weighted by molar-refractivity contribution is 6.33. The van der Waals surface area contributed by atoms with E-state index in [0.717, 1.165) is 0 Å². The predicted molar refractivity (Wildman–Crippen MR) is 67.6 cm³/mol. The van der Waals surface area contributed by atoms with Crippen molar-refractivity contribution >= 4 is 31.1 Å². The van der Waals surface area contributed by atoms with E-state index >= 15 is 0 Å². The molecule has 0 spiro atoms. The Hall–Kier alpha value is -3.92. The molecule has 0 saturated heterocycles. The highest BCUT2D eigenvalue weighted by Gasteiger charge is 2.22. The summed E-state index contributed by atoms with van der Waals surface area (Å²) in [5, 5.41) is 42.8. The number of aromatic nitrogens is 4. The highest BCUT2D eigenvalue weighted by Crippen LogP contribution is 2.20. The van der Waals surface area contributed by atoms with Crippen molar-refractivity contribution in [3.63, 3.8) is 0 Å². The lowest BCUT2D eigenvalue weighted by Crippen LogP contribution is -2.19. The molecule has 0 aromatic carbocycles. The van der Waals surface area contributed by atoms with E-state index in [4.69, 9.17) is 0 Å². The molecule has 0 aliphatic rings. The number of nitrogens with zero attached hydrogens (tertiary/aromatic N) is 8. The Morgan fingerprint density at radius 3 is 1.35 bits per heavy atom. The van der Waals surface area contributed by atoms with Crippen molar-refractivity contribution in [2.75, 3.05) is 0 Å². The van der Waals surface area contributed by atoms with Crippen LogP contribution in [0.3, 0.4) is 0 Å². The number of hydrogen-bond donors (Lipinski definition) is 0. The molecule has 0 fully saturated rings. The third kappa shape index (κ3) is 2.91. The summed E-state index contributed by atoms with van der Waals surface area (Å²) in [5.41, 5.74) is 0. The molecule has 0 bridgehead atoms. The van der Waals surface area contributed by atoms with Gasteiger partial charge in [-0.15, -0.1) is 0 Å². The van der Waals surface area contributed by atoms with Crippen LogP contribution in [-0.4, -0.2) is 46.2 Å². The topological polar surface area (TPSA) is 208 Å². The van der Waals surface area contributed by atoms with Crippen molar-refractivity contribution in [1.29, 1.82) is 0 Å². The third-order valence-electron chi connectivity index (χ3n) is 2.35. The van der Waals surface area contributed by atoms with E-state index in [1.54, 1.807) is 0 Å². The molecule has 2 aromatic rings. The van der Waals surface area contributed by atoms with E-state index in [1.165, 1.54) is 0 Å². The van der Waals surface area contributed by atoms with Crippen molar-refractivity contribution in [2.24, 2.45) is 0 Å². The molecule has 2 radical (unpaired) electrons. The first kappa shape index (κ1) is 15.5. The Balaban J connectivity index is 2.50. The molecular formula is C6H2BN8O8-. The van der Waals surface area contributed by atoms with Gasteiger partial charge in [-0.2, -0.15) is 0 Å². The number of imidazole rings is 2. The minimum absolute atomic E-state index is 0.497. The SMILES string of the molecule is O=[N+]([O-])c1cn([B-]n2cc([N+](=O)[O-])nc2[N+](=O)[O-])c([N+](=O)[O-])n1. The van der Waals surface area contributed by atoms with Crippen LogP contribution in [0.15, 0.2) is 12.4 Å². The molecule has 2 heterocycles. The van der Waals surface area contributed by atoms with Gasteiger partial charge < -0.3 is 49.4 Å². The lowest BCUT2D eigenvalue weighted by Gasteiger charge is -2.12. The van der Waals surface area contributed by atoms with Gasteiger partial charge in [-0.1, -0.05) is 9.85 Å².